The van der Waals surface area contributed by atoms with E-state index in [0.717, 1.165) is 25.3 Å². The van der Waals surface area contributed by atoms with Crippen LogP contribution in [0.1, 0.15) is 6.42 Å². The maximum Gasteiger partial charge on any atom is 0.257 e. The number of morpholine rings is 1. The fraction of sp³-hybridized carbons (Fsp3) is 0.706. The molecule has 1 atom stereocenters. The molecule has 3 rings (SSSR count). The molecule has 3 heterocycles. The Balaban J connectivity index is 1.52. The molecule has 1 aromatic rings. The van der Waals surface area contributed by atoms with E-state index >= 15 is 0 Å². The predicted molar refractivity (Wildman–Crippen MR) is 93.4 cm³/mol. The molecule has 0 radical (unpaired) electrons. The minimum Gasteiger partial charge on any atom is -0.470 e. The molecule has 0 bridgehead atoms. The summed E-state index contributed by atoms with van der Waals surface area (Å²) in [7, 11) is 1.60. The lowest BCUT2D eigenvalue weighted by atomic mass is 10.3. The van der Waals surface area contributed by atoms with Crippen molar-refractivity contribution in [3.63, 3.8) is 0 Å². The van der Waals surface area contributed by atoms with Gasteiger partial charge in [-0.05, 0) is 0 Å². The van der Waals surface area contributed by atoms with E-state index in [4.69, 9.17) is 18.9 Å². The Hall–Kier alpha value is -1.97. The zero-order valence-electron chi connectivity index (χ0n) is 15.1. The number of carbonyl (C=O) groups is 1. The van der Waals surface area contributed by atoms with Gasteiger partial charge in [-0.15, -0.1) is 0 Å². The van der Waals surface area contributed by atoms with Crippen LogP contribution in [-0.2, 0) is 19.0 Å². The van der Waals surface area contributed by atoms with Gasteiger partial charge in [-0.25, -0.2) is 9.97 Å². The number of anilines is 1. The molecule has 0 saturated carbocycles. The van der Waals surface area contributed by atoms with E-state index in [1.807, 2.05) is 0 Å². The van der Waals surface area contributed by atoms with Crippen molar-refractivity contribution in [2.75, 3.05) is 71.2 Å². The van der Waals surface area contributed by atoms with Crippen molar-refractivity contribution in [1.82, 2.24) is 14.9 Å². The lowest BCUT2D eigenvalue weighted by Crippen LogP contribution is -2.37. The molecule has 2 fully saturated rings. The van der Waals surface area contributed by atoms with Gasteiger partial charge in [0.2, 0.25) is 5.91 Å². The van der Waals surface area contributed by atoms with Crippen LogP contribution in [0.3, 0.4) is 0 Å². The molecule has 2 saturated heterocycles. The minimum absolute atomic E-state index is 0.0280. The minimum atomic E-state index is -0.0885. The molecule has 2 aliphatic heterocycles. The molecule has 1 aromatic heterocycles. The van der Waals surface area contributed by atoms with Gasteiger partial charge in [0.1, 0.15) is 12.7 Å². The highest BCUT2D eigenvalue weighted by Gasteiger charge is 2.29. The van der Waals surface area contributed by atoms with Crippen molar-refractivity contribution in [2.24, 2.45) is 0 Å². The molecule has 0 spiro atoms. The lowest BCUT2D eigenvalue weighted by Gasteiger charge is -2.29. The molecule has 0 N–H and O–H groups in total. The van der Waals surface area contributed by atoms with Crippen molar-refractivity contribution in [1.29, 1.82) is 0 Å². The molecule has 9 nitrogen and oxygen atoms in total. The molecule has 1 amide bonds. The molecule has 2 aliphatic rings. The number of hydrogen-bond donors (Lipinski definition) is 0. The van der Waals surface area contributed by atoms with E-state index in [2.05, 4.69) is 14.9 Å². The van der Waals surface area contributed by atoms with Gasteiger partial charge in [-0.3, -0.25) is 4.79 Å². The van der Waals surface area contributed by atoms with Crippen LogP contribution in [0.15, 0.2) is 12.4 Å². The van der Waals surface area contributed by atoms with Crippen LogP contribution in [0, 0.1) is 0 Å². The Morgan fingerprint density at radius 1 is 1.23 bits per heavy atom. The standard InChI is InChI=1S/C17H26N4O5/c1-23-10-11-25-13-15(22)21-5-2-14(12-21)26-17-16(18-3-4-19-17)20-6-8-24-9-7-20/h3-4,14H,2,5-13H2,1H3. The first-order valence-electron chi connectivity index (χ1n) is 8.92. The van der Waals surface area contributed by atoms with Crippen LogP contribution in [0.2, 0.25) is 0 Å². The quantitative estimate of drug-likeness (QED) is 0.592. The fourth-order valence-electron chi connectivity index (χ4n) is 2.99. The number of aromatic nitrogens is 2. The summed E-state index contributed by atoms with van der Waals surface area (Å²) in [4.78, 5) is 24.8. The first-order chi connectivity index (χ1) is 12.8. The van der Waals surface area contributed by atoms with Crippen LogP contribution in [0.5, 0.6) is 5.88 Å². The first kappa shape index (κ1) is 18.8. The molecular weight excluding hydrogens is 340 g/mol. The summed E-state index contributed by atoms with van der Waals surface area (Å²) >= 11 is 0. The van der Waals surface area contributed by atoms with E-state index < -0.39 is 0 Å². The van der Waals surface area contributed by atoms with Crippen molar-refractivity contribution < 1.29 is 23.7 Å². The normalized spacial score (nSPS) is 20.4. The fourth-order valence-corrected chi connectivity index (χ4v) is 2.99. The van der Waals surface area contributed by atoms with E-state index in [0.29, 0.717) is 45.4 Å². The van der Waals surface area contributed by atoms with E-state index in [9.17, 15) is 4.79 Å². The summed E-state index contributed by atoms with van der Waals surface area (Å²) in [5, 5.41) is 0. The van der Waals surface area contributed by atoms with Crippen molar-refractivity contribution in [2.45, 2.75) is 12.5 Å². The number of rotatable bonds is 8. The van der Waals surface area contributed by atoms with E-state index in [1.165, 1.54) is 0 Å². The number of likely N-dealkylation sites (tertiary alicyclic amines) is 1. The average molecular weight is 366 g/mol. The predicted octanol–water partition coefficient (Wildman–Crippen LogP) is -0.0441. The van der Waals surface area contributed by atoms with Crippen LogP contribution < -0.4 is 9.64 Å². The Bertz CT molecular complexity index is 582. The Labute approximate surface area is 153 Å². The van der Waals surface area contributed by atoms with Crippen molar-refractivity contribution in [3.05, 3.63) is 12.4 Å². The van der Waals surface area contributed by atoms with Crippen LogP contribution in [0.25, 0.3) is 0 Å². The number of ether oxygens (including phenoxy) is 4. The summed E-state index contributed by atoms with van der Waals surface area (Å²) < 4.78 is 21.7. The third-order valence-electron chi connectivity index (χ3n) is 4.39. The Morgan fingerprint density at radius 3 is 2.85 bits per heavy atom. The molecule has 26 heavy (non-hydrogen) atoms. The average Bonchev–Trinajstić information content (AvgIpc) is 3.15. The molecule has 9 heteroatoms. The highest BCUT2D eigenvalue weighted by atomic mass is 16.5. The zero-order chi connectivity index (χ0) is 18.2. The number of amides is 1. The van der Waals surface area contributed by atoms with Gasteiger partial charge in [-0.2, -0.15) is 0 Å². The third kappa shape index (κ3) is 5.03. The van der Waals surface area contributed by atoms with Gasteiger partial charge in [0.05, 0.1) is 33.0 Å². The zero-order valence-corrected chi connectivity index (χ0v) is 15.1. The summed E-state index contributed by atoms with van der Waals surface area (Å²) in [6.07, 6.45) is 3.97. The summed E-state index contributed by atoms with van der Waals surface area (Å²) in [5.41, 5.74) is 0. The maximum atomic E-state index is 12.2. The largest absolute Gasteiger partial charge is 0.470 e. The van der Waals surface area contributed by atoms with Gasteiger partial charge in [0.25, 0.3) is 5.88 Å². The van der Waals surface area contributed by atoms with Gasteiger partial charge in [0, 0.05) is 45.6 Å². The van der Waals surface area contributed by atoms with Gasteiger partial charge in [0.15, 0.2) is 5.82 Å². The smallest absolute Gasteiger partial charge is 0.257 e. The van der Waals surface area contributed by atoms with Gasteiger partial charge in [-0.1, -0.05) is 0 Å². The van der Waals surface area contributed by atoms with Crippen LogP contribution in [0.4, 0.5) is 5.82 Å². The van der Waals surface area contributed by atoms with Crippen LogP contribution >= 0.6 is 0 Å². The Morgan fingerprint density at radius 2 is 2.04 bits per heavy atom. The molecule has 0 aliphatic carbocycles. The molecular formula is C17H26N4O5. The topological polar surface area (TPSA) is 86.2 Å². The van der Waals surface area contributed by atoms with Crippen molar-refractivity contribution in [3.8, 4) is 5.88 Å². The second-order valence-electron chi connectivity index (χ2n) is 6.20. The molecule has 0 aromatic carbocycles. The highest BCUT2D eigenvalue weighted by molar-refractivity contribution is 5.77. The number of hydrogen-bond acceptors (Lipinski definition) is 8. The Kier molecular flexibility index (Phi) is 6.98. The van der Waals surface area contributed by atoms with E-state index in [1.54, 1.807) is 24.4 Å². The number of methoxy groups -OCH3 is 1. The third-order valence-corrected chi connectivity index (χ3v) is 4.39. The molecule has 1 unspecified atom stereocenters. The first-order valence-corrected chi connectivity index (χ1v) is 8.92. The maximum absolute atomic E-state index is 12.2. The van der Waals surface area contributed by atoms with Gasteiger partial charge < -0.3 is 28.7 Å². The SMILES string of the molecule is COCCOCC(=O)N1CCC(Oc2nccnc2N2CCOCC2)C1. The monoisotopic (exact) mass is 366 g/mol. The van der Waals surface area contributed by atoms with Gasteiger partial charge >= 0.3 is 0 Å². The summed E-state index contributed by atoms with van der Waals surface area (Å²) in [6, 6.07) is 0. The van der Waals surface area contributed by atoms with E-state index in [-0.39, 0.29) is 18.6 Å². The molecule has 144 valence electrons. The number of carbonyl (C=O) groups excluding carboxylic acids is 1. The number of nitrogens with zero attached hydrogens (tertiary/aromatic N) is 4. The van der Waals surface area contributed by atoms with Crippen LogP contribution in [-0.4, -0.2) is 93.2 Å². The second-order valence-corrected chi connectivity index (χ2v) is 6.20. The van der Waals surface area contributed by atoms with Crippen molar-refractivity contribution >= 4 is 11.7 Å². The highest BCUT2D eigenvalue weighted by Crippen LogP contribution is 2.26. The summed E-state index contributed by atoms with van der Waals surface area (Å²) in [6.45, 7) is 5.03. The lowest BCUT2D eigenvalue weighted by molar-refractivity contribution is -0.135. The summed E-state index contributed by atoms with van der Waals surface area (Å²) in [5.74, 6) is 1.23. The second kappa shape index (κ2) is 9.65.